The van der Waals surface area contributed by atoms with Gasteiger partial charge in [-0.1, -0.05) is 19.1 Å². The lowest BCUT2D eigenvalue weighted by atomic mass is 10.0. The first-order valence-corrected chi connectivity index (χ1v) is 8.36. The number of hydrogen-bond donors (Lipinski definition) is 1. The van der Waals surface area contributed by atoms with Crippen molar-refractivity contribution in [2.45, 2.75) is 32.2 Å². The molecule has 1 heterocycles. The van der Waals surface area contributed by atoms with E-state index in [0.29, 0.717) is 44.6 Å². The predicted octanol–water partition coefficient (Wildman–Crippen LogP) is 0.899. The lowest BCUT2D eigenvalue weighted by Crippen LogP contribution is -2.54. The molecule has 24 heavy (non-hydrogen) atoms. The molecule has 0 spiro atoms. The molecule has 0 aromatic heterocycles. The molecule has 6 heteroatoms. The monoisotopic (exact) mass is 328 g/mol. The molecule has 0 radical (unpaired) electrons. The number of nitrogens with two attached hydrogens (primary N) is 1. The van der Waals surface area contributed by atoms with Gasteiger partial charge in [0.1, 0.15) is 0 Å². The highest BCUT2D eigenvalue weighted by Crippen LogP contribution is 2.10. The van der Waals surface area contributed by atoms with E-state index >= 15 is 0 Å². The third-order valence-electron chi connectivity index (χ3n) is 4.24. The van der Waals surface area contributed by atoms with Crippen molar-refractivity contribution in [3.63, 3.8) is 0 Å². The van der Waals surface area contributed by atoms with Crippen LogP contribution in [0.3, 0.4) is 0 Å². The number of benzene rings is 1. The van der Waals surface area contributed by atoms with Crippen LogP contribution in [-0.2, 0) is 16.0 Å². The number of piperazine rings is 1. The molecule has 6 nitrogen and oxygen atoms in total. The van der Waals surface area contributed by atoms with Crippen LogP contribution in [0.4, 0.5) is 0 Å². The molecular weight excluding hydrogens is 304 g/mol. The summed E-state index contributed by atoms with van der Waals surface area (Å²) in [6.45, 7) is 4.18. The fraction of sp³-hybridized carbons (Fsp3) is 0.500. The summed E-state index contributed by atoms with van der Waals surface area (Å²) >= 11 is 0. The van der Waals surface area contributed by atoms with Crippen LogP contribution in [0.1, 0.15) is 30.9 Å². The Morgan fingerprint density at radius 1 is 1.25 bits per heavy atom. The molecule has 1 aromatic carbocycles. The van der Waals surface area contributed by atoms with Crippen LogP contribution in [0.15, 0.2) is 24.3 Å². The molecular formula is C18H24N4O2. The Morgan fingerprint density at radius 2 is 1.92 bits per heavy atom. The van der Waals surface area contributed by atoms with Crippen LogP contribution in [-0.4, -0.2) is 53.8 Å². The number of nitriles is 1. The maximum atomic E-state index is 12.5. The normalized spacial score (nSPS) is 15.7. The fourth-order valence-electron chi connectivity index (χ4n) is 2.89. The van der Waals surface area contributed by atoms with E-state index < -0.39 is 6.04 Å². The van der Waals surface area contributed by atoms with Gasteiger partial charge in [0.2, 0.25) is 11.8 Å². The number of nitrogens with zero attached hydrogens (tertiary/aromatic N) is 3. The highest BCUT2D eigenvalue weighted by atomic mass is 16.2. The van der Waals surface area contributed by atoms with Crippen LogP contribution in [0.5, 0.6) is 0 Å². The van der Waals surface area contributed by atoms with E-state index in [2.05, 4.69) is 6.07 Å². The SMILES string of the molecule is CCCC(=O)N1CCN(C(=O)[C@@H](N)Cc2cccc(C#N)c2)CC1. The van der Waals surface area contributed by atoms with Gasteiger partial charge in [0.15, 0.2) is 0 Å². The van der Waals surface area contributed by atoms with Crippen LogP contribution >= 0.6 is 0 Å². The summed E-state index contributed by atoms with van der Waals surface area (Å²) in [6.07, 6.45) is 1.80. The molecule has 1 aromatic rings. The van der Waals surface area contributed by atoms with Crippen LogP contribution in [0.25, 0.3) is 0 Å². The standard InChI is InChI=1S/C18H24N4O2/c1-2-4-17(23)21-7-9-22(10-8-21)18(24)16(20)12-14-5-3-6-15(11-14)13-19/h3,5-6,11,16H,2,4,7-10,12,20H2,1H3/t16-/m0/s1. The van der Waals surface area contributed by atoms with E-state index in [1.54, 1.807) is 23.1 Å². The van der Waals surface area contributed by atoms with Crippen molar-refractivity contribution in [2.24, 2.45) is 5.73 Å². The Kier molecular flexibility index (Phi) is 6.33. The highest BCUT2D eigenvalue weighted by molar-refractivity contribution is 5.82. The van der Waals surface area contributed by atoms with E-state index in [1.807, 2.05) is 17.9 Å². The van der Waals surface area contributed by atoms with Crippen molar-refractivity contribution < 1.29 is 9.59 Å². The smallest absolute Gasteiger partial charge is 0.239 e. The van der Waals surface area contributed by atoms with Gasteiger partial charge in [0, 0.05) is 32.6 Å². The highest BCUT2D eigenvalue weighted by Gasteiger charge is 2.26. The van der Waals surface area contributed by atoms with Gasteiger partial charge in [-0.15, -0.1) is 0 Å². The van der Waals surface area contributed by atoms with Gasteiger partial charge < -0.3 is 15.5 Å². The molecule has 2 N–H and O–H groups in total. The molecule has 0 aliphatic carbocycles. The number of carbonyl (C=O) groups is 2. The molecule has 1 fully saturated rings. The topological polar surface area (TPSA) is 90.4 Å². The Bertz CT molecular complexity index is 630. The summed E-state index contributed by atoms with van der Waals surface area (Å²) in [5, 5.41) is 8.93. The lowest BCUT2D eigenvalue weighted by molar-refractivity contribution is -0.140. The summed E-state index contributed by atoms with van der Waals surface area (Å²) in [6, 6.07) is 8.61. The number of rotatable bonds is 5. The van der Waals surface area contributed by atoms with E-state index in [0.717, 1.165) is 12.0 Å². The summed E-state index contributed by atoms with van der Waals surface area (Å²) in [7, 11) is 0. The van der Waals surface area contributed by atoms with Crippen molar-refractivity contribution in [1.29, 1.82) is 5.26 Å². The van der Waals surface area contributed by atoms with Gasteiger partial charge in [-0.05, 0) is 30.5 Å². The third-order valence-corrected chi connectivity index (χ3v) is 4.24. The molecule has 1 atom stereocenters. The van der Waals surface area contributed by atoms with Gasteiger partial charge in [0.05, 0.1) is 17.7 Å². The molecule has 2 amide bonds. The summed E-state index contributed by atoms with van der Waals surface area (Å²) in [5.74, 6) is 0.0576. The summed E-state index contributed by atoms with van der Waals surface area (Å²) in [4.78, 5) is 27.9. The van der Waals surface area contributed by atoms with Gasteiger partial charge in [0.25, 0.3) is 0 Å². The maximum absolute atomic E-state index is 12.5. The van der Waals surface area contributed by atoms with Crippen molar-refractivity contribution in [3.05, 3.63) is 35.4 Å². The van der Waals surface area contributed by atoms with Crippen LogP contribution < -0.4 is 5.73 Å². The molecule has 1 aliphatic rings. The molecule has 0 saturated carbocycles. The number of amides is 2. The minimum absolute atomic E-state index is 0.0973. The van der Waals surface area contributed by atoms with E-state index in [4.69, 9.17) is 11.0 Å². The fourth-order valence-corrected chi connectivity index (χ4v) is 2.89. The minimum Gasteiger partial charge on any atom is -0.339 e. The number of hydrogen-bond acceptors (Lipinski definition) is 4. The van der Waals surface area contributed by atoms with Crippen LogP contribution in [0.2, 0.25) is 0 Å². The zero-order valence-corrected chi connectivity index (χ0v) is 14.1. The van der Waals surface area contributed by atoms with Crippen LogP contribution in [0, 0.1) is 11.3 Å². The third kappa shape index (κ3) is 4.56. The van der Waals surface area contributed by atoms with Crippen molar-refractivity contribution in [2.75, 3.05) is 26.2 Å². The van der Waals surface area contributed by atoms with Crippen molar-refractivity contribution in [3.8, 4) is 6.07 Å². The second-order valence-electron chi connectivity index (χ2n) is 6.08. The molecule has 128 valence electrons. The van der Waals surface area contributed by atoms with Gasteiger partial charge >= 0.3 is 0 Å². The first-order valence-electron chi connectivity index (χ1n) is 8.36. The first-order chi connectivity index (χ1) is 11.5. The first kappa shape index (κ1) is 18.0. The largest absolute Gasteiger partial charge is 0.339 e. The quantitative estimate of drug-likeness (QED) is 0.869. The zero-order valence-electron chi connectivity index (χ0n) is 14.1. The Hall–Kier alpha value is -2.39. The van der Waals surface area contributed by atoms with Gasteiger partial charge in [-0.3, -0.25) is 9.59 Å². The Balaban J connectivity index is 1.88. The Morgan fingerprint density at radius 3 is 2.54 bits per heavy atom. The van der Waals surface area contributed by atoms with E-state index in [1.165, 1.54) is 0 Å². The molecule has 1 aliphatic heterocycles. The second kappa shape index (κ2) is 8.46. The molecule has 2 rings (SSSR count). The molecule has 0 bridgehead atoms. The molecule has 1 saturated heterocycles. The predicted molar refractivity (Wildman–Crippen MR) is 90.9 cm³/mol. The van der Waals surface area contributed by atoms with Crippen molar-refractivity contribution in [1.82, 2.24) is 9.80 Å². The Labute approximate surface area is 142 Å². The average Bonchev–Trinajstić information content (AvgIpc) is 2.61. The zero-order chi connectivity index (χ0) is 17.5. The minimum atomic E-state index is -0.628. The lowest BCUT2D eigenvalue weighted by Gasteiger charge is -2.36. The summed E-state index contributed by atoms with van der Waals surface area (Å²) < 4.78 is 0. The second-order valence-corrected chi connectivity index (χ2v) is 6.08. The maximum Gasteiger partial charge on any atom is 0.239 e. The van der Waals surface area contributed by atoms with Crippen molar-refractivity contribution >= 4 is 11.8 Å². The number of carbonyl (C=O) groups excluding carboxylic acids is 2. The summed E-state index contributed by atoms with van der Waals surface area (Å²) in [5.41, 5.74) is 7.51. The van der Waals surface area contributed by atoms with Gasteiger partial charge in [-0.2, -0.15) is 5.26 Å². The molecule has 0 unspecified atom stereocenters. The van der Waals surface area contributed by atoms with Gasteiger partial charge in [-0.25, -0.2) is 0 Å². The average molecular weight is 328 g/mol. The van der Waals surface area contributed by atoms with E-state index in [-0.39, 0.29) is 11.8 Å². The van der Waals surface area contributed by atoms with E-state index in [9.17, 15) is 9.59 Å².